The molecule has 9 heteroatoms. The molecule has 0 amide bonds. The van der Waals surface area contributed by atoms with Crippen LogP contribution in [0.15, 0.2) is 49.1 Å². The van der Waals surface area contributed by atoms with E-state index < -0.39 is 5.54 Å². The van der Waals surface area contributed by atoms with Gasteiger partial charge in [-0.3, -0.25) is 0 Å². The monoisotopic (exact) mass is 413 g/mol. The summed E-state index contributed by atoms with van der Waals surface area (Å²) in [5.74, 6) is 0.916. The summed E-state index contributed by atoms with van der Waals surface area (Å²) >= 11 is 12.6. The van der Waals surface area contributed by atoms with Crippen molar-refractivity contribution in [2.24, 2.45) is 0 Å². The van der Waals surface area contributed by atoms with E-state index in [1.54, 1.807) is 18.6 Å². The van der Waals surface area contributed by atoms with Gasteiger partial charge in [0.05, 0.1) is 33.6 Å². The van der Waals surface area contributed by atoms with E-state index in [4.69, 9.17) is 28.9 Å². The Labute approximate surface area is 171 Å². The standard InChI is InChI=1S/C19H17Cl2N7/c1-19(2,13-4-3-5-14(20)15(13)21)27-18-25-16(24-17(22)26-18)11-6-7-12-8-23-10-28(12)9-11/h3-10H,1-2H3,(H3,22,24,25,26,27). The van der Waals surface area contributed by atoms with Gasteiger partial charge in [-0.25, -0.2) is 4.98 Å². The number of imidazole rings is 1. The highest BCUT2D eigenvalue weighted by molar-refractivity contribution is 6.42. The van der Waals surface area contributed by atoms with Crippen LogP contribution in [-0.2, 0) is 5.54 Å². The Morgan fingerprint density at radius 2 is 1.89 bits per heavy atom. The second-order valence-corrected chi connectivity index (χ2v) is 7.62. The minimum absolute atomic E-state index is 0.117. The Kier molecular flexibility index (Phi) is 4.56. The minimum atomic E-state index is -0.596. The molecule has 7 nitrogen and oxygen atoms in total. The summed E-state index contributed by atoms with van der Waals surface area (Å²) < 4.78 is 1.89. The van der Waals surface area contributed by atoms with Crippen molar-refractivity contribution in [2.75, 3.05) is 11.1 Å². The van der Waals surface area contributed by atoms with Crippen LogP contribution >= 0.6 is 23.2 Å². The molecule has 3 aromatic heterocycles. The number of nitrogens with two attached hydrogens (primary N) is 1. The molecule has 0 unspecified atom stereocenters. The molecule has 0 atom stereocenters. The first kappa shape index (κ1) is 18.5. The van der Waals surface area contributed by atoms with Crippen LogP contribution < -0.4 is 11.1 Å². The van der Waals surface area contributed by atoms with Gasteiger partial charge in [-0.05, 0) is 37.6 Å². The molecule has 142 valence electrons. The molecule has 0 radical (unpaired) electrons. The second-order valence-electron chi connectivity index (χ2n) is 6.84. The summed E-state index contributed by atoms with van der Waals surface area (Å²) in [6.45, 7) is 3.92. The van der Waals surface area contributed by atoms with Gasteiger partial charge < -0.3 is 15.5 Å². The fourth-order valence-corrected chi connectivity index (χ4v) is 3.50. The van der Waals surface area contributed by atoms with Crippen molar-refractivity contribution in [1.29, 1.82) is 0 Å². The number of nitrogen functional groups attached to an aromatic ring is 1. The Balaban J connectivity index is 1.71. The maximum Gasteiger partial charge on any atom is 0.228 e. The zero-order valence-corrected chi connectivity index (χ0v) is 16.7. The molecule has 0 spiro atoms. The van der Waals surface area contributed by atoms with E-state index in [9.17, 15) is 0 Å². The molecule has 0 fully saturated rings. The molecule has 3 N–H and O–H groups in total. The van der Waals surface area contributed by atoms with Crippen molar-refractivity contribution >= 4 is 40.6 Å². The Hall–Kier alpha value is -2.90. The van der Waals surface area contributed by atoms with Crippen LogP contribution in [0.4, 0.5) is 11.9 Å². The van der Waals surface area contributed by atoms with E-state index in [2.05, 4.69) is 25.3 Å². The predicted octanol–water partition coefficient (Wildman–Crippen LogP) is 4.42. The molecule has 0 bridgehead atoms. The molecule has 0 aliphatic carbocycles. The third-order valence-corrected chi connectivity index (χ3v) is 5.19. The SMILES string of the molecule is CC(C)(Nc1nc(N)nc(-c2ccc3cncn3c2)n1)c1cccc(Cl)c1Cl. The van der Waals surface area contributed by atoms with Crippen LogP contribution in [0.2, 0.25) is 10.0 Å². The summed E-state index contributed by atoms with van der Waals surface area (Å²) in [5, 5.41) is 4.25. The van der Waals surface area contributed by atoms with Crippen LogP contribution in [0.1, 0.15) is 19.4 Å². The van der Waals surface area contributed by atoms with Crippen LogP contribution in [0, 0.1) is 0 Å². The largest absolute Gasteiger partial charge is 0.368 e. The molecule has 3 heterocycles. The number of nitrogens with one attached hydrogen (secondary N) is 1. The summed E-state index contributed by atoms with van der Waals surface area (Å²) in [6.07, 6.45) is 5.38. The van der Waals surface area contributed by atoms with Gasteiger partial charge in [0.1, 0.15) is 0 Å². The zero-order valence-electron chi connectivity index (χ0n) is 15.2. The van der Waals surface area contributed by atoms with Gasteiger partial charge in [0.25, 0.3) is 0 Å². The third kappa shape index (κ3) is 3.46. The van der Waals surface area contributed by atoms with E-state index >= 15 is 0 Å². The van der Waals surface area contributed by atoms with Gasteiger partial charge in [-0.15, -0.1) is 0 Å². The normalized spacial score (nSPS) is 11.7. The van der Waals surface area contributed by atoms with Crippen molar-refractivity contribution in [3.63, 3.8) is 0 Å². The van der Waals surface area contributed by atoms with E-state index in [0.29, 0.717) is 21.8 Å². The van der Waals surface area contributed by atoms with E-state index in [0.717, 1.165) is 16.6 Å². The molecule has 0 saturated carbocycles. The van der Waals surface area contributed by atoms with Crippen LogP contribution in [-0.4, -0.2) is 24.3 Å². The molecule has 0 aliphatic rings. The number of rotatable bonds is 4. The first-order chi connectivity index (χ1) is 13.3. The molecule has 0 saturated heterocycles. The van der Waals surface area contributed by atoms with E-state index in [1.807, 2.05) is 48.7 Å². The van der Waals surface area contributed by atoms with Gasteiger partial charge in [-0.2, -0.15) is 15.0 Å². The summed E-state index contributed by atoms with van der Waals surface area (Å²) in [4.78, 5) is 17.1. The van der Waals surface area contributed by atoms with Crippen molar-refractivity contribution < 1.29 is 0 Å². The van der Waals surface area contributed by atoms with Gasteiger partial charge >= 0.3 is 0 Å². The lowest BCUT2D eigenvalue weighted by molar-refractivity contribution is 0.602. The maximum atomic E-state index is 6.39. The highest BCUT2D eigenvalue weighted by Crippen LogP contribution is 2.34. The quantitative estimate of drug-likeness (QED) is 0.513. The van der Waals surface area contributed by atoms with Gasteiger partial charge in [0, 0.05) is 11.8 Å². The topological polar surface area (TPSA) is 94.0 Å². The van der Waals surface area contributed by atoms with Crippen LogP contribution in [0.3, 0.4) is 0 Å². The second kappa shape index (κ2) is 6.92. The van der Waals surface area contributed by atoms with Gasteiger partial charge in [0.2, 0.25) is 11.9 Å². The average Bonchev–Trinajstić information content (AvgIpc) is 3.10. The molecular formula is C19H17Cl2N7. The number of fused-ring (bicyclic) bond motifs is 1. The minimum Gasteiger partial charge on any atom is -0.368 e. The van der Waals surface area contributed by atoms with Gasteiger partial charge in [0.15, 0.2) is 5.82 Å². The first-order valence-corrected chi connectivity index (χ1v) is 9.25. The maximum absolute atomic E-state index is 6.39. The lowest BCUT2D eigenvalue weighted by Gasteiger charge is -2.28. The number of halogens is 2. The zero-order chi connectivity index (χ0) is 19.9. The first-order valence-electron chi connectivity index (χ1n) is 8.50. The van der Waals surface area contributed by atoms with Crippen molar-refractivity contribution in [3.8, 4) is 11.4 Å². The molecule has 28 heavy (non-hydrogen) atoms. The van der Waals surface area contributed by atoms with Crippen molar-refractivity contribution in [2.45, 2.75) is 19.4 Å². The van der Waals surface area contributed by atoms with E-state index in [1.165, 1.54) is 0 Å². The van der Waals surface area contributed by atoms with E-state index in [-0.39, 0.29) is 5.95 Å². The molecule has 4 aromatic rings. The third-order valence-electron chi connectivity index (χ3n) is 4.37. The fourth-order valence-electron chi connectivity index (χ4n) is 2.96. The summed E-state index contributed by atoms with van der Waals surface area (Å²) in [7, 11) is 0. The Morgan fingerprint density at radius 3 is 2.71 bits per heavy atom. The number of pyridine rings is 1. The average molecular weight is 414 g/mol. The Morgan fingerprint density at radius 1 is 1.07 bits per heavy atom. The summed E-state index contributed by atoms with van der Waals surface area (Å²) in [6, 6.07) is 9.34. The van der Waals surface area contributed by atoms with Crippen molar-refractivity contribution in [3.05, 3.63) is 64.7 Å². The molecule has 4 rings (SSSR count). The number of aromatic nitrogens is 5. The number of hydrogen-bond donors (Lipinski definition) is 2. The fraction of sp³-hybridized carbons (Fsp3) is 0.158. The predicted molar refractivity (Wildman–Crippen MR) is 112 cm³/mol. The number of hydrogen-bond acceptors (Lipinski definition) is 6. The lowest BCUT2D eigenvalue weighted by Crippen LogP contribution is -2.29. The highest BCUT2D eigenvalue weighted by Gasteiger charge is 2.25. The Bertz CT molecular complexity index is 1170. The summed E-state index contributed by atoms with van der Waals surface area (Å²) in [5.41, 5.74) is 7.92. The molecule has 0 aliphatic heterocycles. The lowest BCUT2D eigenvalue weighted by atomic mass is 9.94. The van der Waals surface area contributed by atoms with Gasteiger partial charge in [-0.1, -0.05) is 35.3 Å². The number of nitrogens with zero attached hydrogens (tertiary/aromatic N) is 5. The molecular weight excluding hydrogens is 397 g/mol. The molecule has 1 aromatic carbocycles. The van der Waals surface area contributed by atoms with Crippen LogP contribution in [0.25, 0.3) is 16.9 Å². The van der Waals surface area contributed by atoms with Crippen LogP contribution in [0.5, 0.6) is 0 Å². The number of anilines is 2. The van der Waals surface area contributed by atoms with Crippen molar-refractivity contribution in [1.82, 2.24) is 24.3 Å². The smallest absolute Gasteiger partial charge is 0.228 e. The highest BCUT2D eigenvalue weighted by atomic mass is 35.5. The number of benzene rings is 1.